The van der Waals surface area contributed by atoms with Crippen molar-refractivity contribution in [3.8, 4) is 0 Å². The Labute approximate surface area is 192 Å². The summed E-state index contributed by atoms with van der Waals surface area (Å²) in [4.78, 5) is 2.38. The topological polar surface area (TPSA) is 154 Å². The lowest BCUT2D eigenvalue weighted by molar-refractivity contribution is -0.224. The predicted octanol–water partition coefficient (Wildman–Crippen LogP) is 2.83. The maximum Gasteiger partial charge on any atom is 0.297 e. The first-order valence-electron chi connectivity index (χ1n) is 9.76. The fourth-order valence-corrected chi connectivity index (χ4v) is 5.34. The van der Waals surface area contributed by atoms with E-state index in [1.807, 2.05) is 0 Å². The summed E-state index contributed by atoms with van der Waals surface area (Å²) in [7, 11) is -7.54. The van der Waals surface area contributed by atoms with Crippen LogP contribution in [0, 0.1) is 13.8 Å². The highest BCUT2D eigenvalue weighted by Crippen LogP contribution is 2.30. The number of hydrogen-bond acceptors (Lipinski definition) is 9. The second-order valence-corrected chi connectivity index (χ2v) is 10.5. The molecular weight excluding hydrogens is 474 g/mol. The quantitative estimate of drug-likeness (QED) is 0.233. The van der Waals surface area contributed by atoms with E-state index in [9.17, 15) is 16.8 Å². The number of nitrogens with zero attached hydrogens (tertiary/aromatic N) is 3. The second-order valence-electron chi connectivity index (χ2n) is 7.37. The summed E-state index contributed by atoms with van der Waals surface area (Å²) in [5, 5.41) is 3.53. The molecule has 1 aliphatic rings. The minimum atomic E-state index is -4.39. The van der Waals surface area contributed by atoms with Crippen LogP contribution in [0.4, 0.5) is 0 Å². The van der Waals surface area contributed by atoms with E-state index in [-0.39, 0.29) is 16.4 Å². The highest BCUT2D eigenvalue weighted by atomic mass is 32.2. The van der Waals surface area contributed by atoms with Crippen LogP contribution in [0.15, 0.2) is 63.4 Å². The molecule has 0 amide bonds. The summed E-state index contributed by atoms with van der Waals surface area (Å²) in [5.41, 5.74) is 10.6. The molecule has 0 unspecified atom stereocenters. The van der Waals surface area contributed by atoms with Gasteiger partial charge in [0, 0.05) is 12.0 Å². The van der Waals surface area contributed by atoms with E-state index in [4.69, 9.17) is 23.4 Å². The van der Waals surface area contributed by atoms with Gasteiger partial charge in [0.25, 0.3) is 20.2 Å². The van der Waals surface area contributed by atoms with E-state index >= 15 is 0 Å². The van der Waals surface area contributed by atoms with Gasteiger partial charge in [-0.3, -0.25) is 8.37 Å². The molecule has 0 spiro atoms. The van der Waals surface area contributed by atoms with Crippen LogP contribution in [-0.4, -0.2) is 55.1 Å². The molecule has 0 bridgehead atoms. The zero-order chi connectivity index (χ0) is 24.2. The van der Waals surface area contributed by atoms with Crippen molar-refractivity contribution in [2.75, 3.05) is 13.7 Å². The van der Waals surface area contributed by atoms with Crippen LogP contribution in [0.1, 0.15) is 11.1 Å². The van der Waals surface area contributed by atoms with Crippen LogP contribution in [0.25, 0.3) is 10.4 Å². The van der Waals surface area contributed by atoms with E-state index in [1.54, 1.807) is 38.1 Å². The molecule has 2 aromatic rings. The molecule has 1 aliphatic heterocycles. The number of ether oxygens (including phenoxy) is 2. The molecule has 0 saturated carbocycles. The molecule has 0 N–H and O–H groups in total. The molecule has 3 rings (SSSR count). The third-order valence-corrected chi connectivity index (χ3v) is 7.58. The van der Waals surface area contributed by atoms with E-state index in [0.717, 1.165) is 11.1 Å². The van der Waals surface area contributed by atoms with E-state index in [2.05, 4.69) is 10.0 Å². The first kappa shape index (κ1) is 25.1. The van der Waals surface area contributed by atoms with Crippen molar-refractivity contribution in [1.82, 2.24) is 0 Å². The fraction of sp³-hybridized carbons (Fsp3) is 0.400. The highest BCUT2D eigenvalue weighted by molar-refractivity contribution is 7.87. The zero-order valence-electron chi connectivity index (χ0n) is 18.1. The molecule has 11 nitrogen and oxygen atoms in total. The van der Waals surface area contributed by atoms with E-state index in [1.165, 1.54) is 31.4 Å². The van der Waals surface area contributed by atoms with Crippen molar-refractivity contribution in [2.24, 2.45) is 5.11 Å². The molecule has 33 heavy (non-hydrogen) atoms. The average Bonchev–Trinajstić information content (AvgIpc) is 2.76. The monoisotopic (exact) mass is 497 g/mol. The van der Waals surface area contributed by atoms with Crippen LogP contribution in [0.3, 0.4) is 0 Å². The molecule has 178 valence electrons. The molecule has 2 aromatic carbocycles. The van der Waals surface area contributed by atoms with Gasteiger partial charge in [0.15, 0.2) is 12.4 Å². The van der Waals surface area contributed by atoms with Gasteiger partial charge in [0.2, 0.25) is 0 Å². The minimum absolute atomic E-state index is 0.158. The van der Waals surface area contributed by atoms with Crippen LogP contribution < -0.4 is 0 Å². The SMILES string of the molecule is CO[C@@H]1OC[C@H](N=[N+]=[N-])[C@H](OS(=O)(=O)c2ccc(C)cc2)[C@H]1OS(=O)(=O)c1ccc(C)cc1. The number of aryl methyl sites for hydroxylation is 2. The highest BCUT2D eigenvalue weighted by Gasteiger charge is 2.47. The average molecular weight is 498 g/mol. The molecule has 1 fully saturated rings. The van der Waals surface area contributed by atoms with Gasteiger partial charge in [0.1, 0.15) is 6.10 Å². The van der Waals surface area contributed by atoms with Crippen LogP contribution in [-0.2, 0) is 38.1 Å². The summed E-state index contributed by atoms with van der Waals surface area (Å²) in [5.74, 6) is 0. The largest absolute Gasteiger partial charge is 0.353 e. The Morgan fingerprint density at radius 2 is 1.33 bits per heavy atom. The van der Waals surface area contributed by atoms with Gasteiger partial charge in [0.05, 0.1) is 22.4 Å². The molecule has 0 aliphatic carbocycles. The van der Waals surface area contributed by atoms with Crippen molar-refractivity contribution in [2.45, 2.75) is 48.2 Å². The van der Waals surface area contributed by atoms with Crippen molar-refractivity contribution in [1.29, 1.82) is 0 Å². The Morgan fingerprint density at radius 1 is 0.879 bits per heavy atom. The molecule has 1 saturated heterocycles. The Balaban J connectivity index is 2.00. The van der Waals surface area contributed by atoms with Gasteiger partial charge >= 0.3 is 0 Å². The van der Waals surface area contributed by atoms with Crippen molar-refractivity contribution in [3.05, 3.63) is 70.1 Å². The molecule has 13 heteroatoms. The van der Waals surface area contributed by atoms with Gasteiger partial charge in [-0.05, 0) is 43.6 Å². The summed E-state index contributed by atoms with van der Waals surface area (Å²) in [6.07, 6.45) is -4.45. The lowest BCUT2D eigenvalue weighted by Gasteiger charge is -2.38. The Hall–Kier alpha value is -2.51. The van der Waals surface area contributed by atoms with Crippen LogP contribution in [0.5, 0.6) is 0 Å². The van der Waals surface area contributed by atoms with Gasteiger partial charge in [-0.15, -0.1) is 0 Å². The lowest BCUT2D eigenvalue weighted by atomic mass is 10.0. The summed E-state index contributed by atoms with van der Waals surface area (Å²) in [6.45, 7) is 3.30. The first-order valence-corrected chi connectivity index (χ1v) is 12.6. The normalized spacial score (nSPS) is 23.6. The number of rotatable bonds is 8. The Kier molecular flexibility index (Phi) is 7.75. The maximum absolute atomic E-state index is 12.9. The Morgan fingerprint density at radius 3 is 1.76 bits per heavy atom. The summed E-state index contributed by atoms with van der Waals surface area (Å²) in [6, 6.07) is 10.5. The molecular formula is C20H23N3O8S2. The number of benzene rings is 2. The van der Waals surface area contributed by atoms with Gasteiger partial charge in [-0.2, -0.15) is 16.8 Å². The number of hydrogen-bond donors (Lipinski definition) is 0. The smallest absolute Gasteiger partial charge is 0.297 e. The van der Waals surface area contributed by atoms with Crippen molar-refractivity contribution in [3.63, 3.8) is 0 Å². The van der Waals surface area contributed by atoms with Crippen LogP contribution >= 0.6 is 0 Å². The van der Waals surface area contributed by atoms with Crippen molar-refractivity contribution >= 4 is 20.2 Å². The van der Waals surface area contributed by atoms with Crippen molar-refractivity contribution < 1.29 is 34.7 Å². The number of azide groups is 1. The Bertz CT molecular complexity index is 1230. The first-order chi connectivity index (χ1) is 15.6. The molecule has 1 heterocycles. The van der Waals surface area contributed by atoms with Gasteiger partial charge < -0.3 is 9.47 Å². The summed E-state index contributed by atoms with van der Waals surface area (Å²) < 4.78 is 73.0. The van der Waals surface area contributed by atoms with E-state index in [0.29, 0.717) is 0 Å². The van der Waals surface area contributed by atoms with Gasteiger partial charge in [-0.1, -0.05) is 40.5 Å². The molecule has 0 aromatic heterocycles. The predicted molar refractivity (Wildman–Crippen MR) is 116 cm³/mol. The fourth-order valence-electron chi connectivity index (χ4n) is 3.16. The second kappa shape index (κ2) is 10.2. The summed E-state index contributed by atoms with van der Waals surface area (Å²) >= 11 is 0. The zero-order valence-corrected chi connectivity index (χ0v) is 19.7. The lowest BCUT2D eigenvalue weighted by Crippen LogP contribution is -2.56. The maximum atomic E-state index is 12.9. The minimum Gasteiger partial charge on any atom is -0.353 e. The van der Waals surface area contributed by atoms with Crippen LogP contribution in [0.2, 0.25) is 0 Å². The standard InChI is InChI=1S/C20H23N3O8S2/c1-13-4-8-15(9-5-13)32(24,25)30-18-17(22-23-21)12-29-20(28-3)19(18)31-33(26,27)16-10-6-14(2)7-11-16/h4-11,17-20H,12H2,1-3H3/t17-,18-,19+,20+/m0/s1. The van der Waals surface area contributed by atoms with E-state index < -0.39 is 44.8 Å². The molecule has 4 atom stereocenters. The third-order valence-electron chi connectivity index (χ3n) is 4.93. The van der Waals surface area contributed by atoms with Gasteiger partial charge in [-0.25, -0.2) is 0 Å². The molecule has 0 radical (unpaired) electrons. The number of methoxy groups -OCH3 is 1. The third kappa shape index (κ3) is 5.89.